The van der Waals surface area contributed by atoms with Gasteiger partial charge in [-0.2, -0.15) is 0 Å². The molecule has 3 aromatic heterocycles. The third kappa shape index (κ3) is 5.15. The number of amides is 4. The number of rotatable bonds is 5. The number of hydrogen-bond donors (Lipinski definition) is 2. The van der Waals surface area contributed by atoms with Crippen molar-refractivity contribution in [3.63, 3.8) is 0 Å². The highest BCUT2D eigenvalue weighted by molar-refractivity contribution is 7.21. The van der Waals surface area contributed by atoms with Gasteiger partial charge in [0.1, 0.15) is 21.4 Å². The second kappa shape index (κ2) is 10.2. The zero-order valence-corrected chi connectivity index (χ0v) is 23.5. The van der Waals surface area contributed by atoms with Crippen LogP contribution in [0, 0.1) is 0 Å². The summed E-state index contributed by atoms with van der Waals surface area (Å²) in [6, 6.07) is 4.71. The Kier molecular flexibility index (Phi) is 6.73. The highest BCUT2D eigenvalue weighted by Gasteiger charge is 2.34. The van der Waals surface area contributed by atoms with E-state index >= 15 is 0 Å². The number of carbonyl (C=O) groups is 3. The molecule has 0 spiro atoms. The molecule has 2 N–H and O–H groups in total. The van der Waals surface area contributed by atoms with Gasteiger partial charge < -0.3 is 25.0 Å². The molecule has 40 heavy (non-hydrogen) atoms. The molecule has 1 atom stereocenters. The third-order valence-electron chi connectivity index (χ3n) is 7.18. The Morgan fingerprint density at radius 2 is 1.95 bits per heavy atom. The van der Waals surface area contributed by atoms with Crippen molar-refractivity contribution < 1.29 is 23.9 Å². The maximum absolute atomic E-state index is 13.5. The van der Waals surface area contributed by atoms with Crippen LogP contribution in [0.15, 0.2) is 30.6 Å². The number of aromatic nitrogens is 2. The van der Waals surface area contributed by atoms with E-state index in [0.29, 0.717) is 51.1 Å². The van der Waals surface area contributed by atoms with Gasteiger partial charge in [-0.3, -0.25) is 9.69 Å². The number of pyridine rings is 2. The van der Waals surface area contributed by atoms with Crippen LogP contribution in [0.2, 0.25) is 0 Å². The molecule has 0 bridgehead atoms. The lowest BCUT2D eigenvalue weighted by Crippen LogP contribution is -2.50. The maximum Gasteiger partial charge on any atom is 0.410 e. The fourth-order valence-electron chi connectivity index (χ4n) is 5.07. The molecule has 1 aliphatic carbocycles. The second-order valence-electron chi connectivity index (χ2n) is 11.3. The number of urea groups is 1. The smallest absolute Gasteiger partial charge is 0.410 e. The zero-order chi connectivity index (χ0) is 28.0. The van der Waals surface area contributed by atoms with E-state index in [-0.39, 0.29) is 24.1 Å². The Morgan fingerprint density at radius 3 is 2.65 bits per heavy atom. The van der Waals surface area contributed by atoms with E-state index in [1.807, 2.05) is 20.8 Å². The molecule has 0 unspecified atom stereocenters. The highest BCUT2D eigenvalue weighted by atomic mass is 32.1. The summed E-state index contributed by atoms with van der Waals surface area (Å²) in [6.45, 7) is 6.42. The number of likely N-dealkylation sites (tertiary alicyclic amines) is 1. The summed E-state index contributed by atoms with van der Waals surface area (Å²) in [7, 11) is 0. The van der Waals surface area contributed by atoms with Gasteiger partial charge in [-0.25, -0.2) is 19.6 Å². The molecule has 1 saturated heterocycles. The van der Waals surface area contributed by atoms with Gasteiger partial charge in [0.05, 0.1) is 28.6 Å². The molecule has 12 heteroatoms. The van der Waals surface area contributed by atoms with Crippen molar-refractivity contribution in [2.75, 3.05) is 23.3 Å². The van der Waals surface area contributed by atoms with Crippen LogP contribution < -0.4 is 20.3 Å². The summed E-state index contributed by atoms with van der Waals surface area (Å²) in [5.41, 5.74) is 1.06. The summed E-state index contributed by atoms with van der Waals surface area (Å²) in [5, 5.41) is 6.67. The molecule has 6 rings (SSSR count). The van der Waals surface area contributed by atoms with Crippen LogP contribution in [0.4, 0.5) is 26.7 Å². The largest absolute Gasteiger partial charge is 0.474 e. The first-order valence-corrected chi connectivity index (χ1v) is 14.4. The lowest BCUT2D eigenvalue weighted by atomic mass is 9.96. The lowest BCUT2D eigenvalue weighted by Gasteiger charge is -2.34. The van der Waals surface area contributed by atoms with Gasteiger partial charge >= 0.3 is 12.1 Å². The molecule has 210 valence electrons. The first-order valence-electron chi connectivity index (χ1n) is 13.6. The predicted octanol–water partition coefficient (Wildman–Crippen LogP) is 5.44. The molecule has 2 fully saturated rings. The Bertz CT molecular complexity index is 1460. The Morgan fingerprint density at radius 1 is 1.12 bits per heavy atom. The van der Waals surface area contributed by atoms with Crippen LogP contribution in [0.1, 0.15) is 62.5 Å². The summed E-state index contributed by atoms with van der Waals surface area (Å²) < 4.78 is 11.4. The summed E-state index contributed by atoms with van der Waals surface area (Å²) in [6.07, 6.45) is 7.80. The SMILES string of the molecule is CC(C)(C)OC(=O)N1CCC[C@@H](NC(=O)c2sc3nccc4c3c2NC(=O)N4c2ccc(OC3CCC3)nc2)C1. The molecule has 1 saturated carbocycles. The molecule has 2 aliphatic heterocycles. The standard InChI is InChI=1S/C28H32N6O5S/c1-28(2,3)39-27(37)33-13-5-6-16(15-33)31-24(35)23-22-21-19(11-12-29-25(21)40-23)34(26(36)32-22)17-9-10-20(30-14-17)38-18-7-4-8-18/h9-12,14,16,18H,4-8,13,15H2,1-3H3,(H,31,35)(H,32,36)/t16-/m1/s1. The molecule has 3 aliphatic rings. The van der Waals surface area contributed by atoms with E-state index in [0.717, 1.165) is 25.7 Å². The lowest BCUT2D eigenvalue weighted by molar-refractivity contribution is 0.0185. The molecular weight excluding hydrogens is 532 g/mol. The summed E-state index contributed by atoms with van der Waals surface area (Å²) in [4.78, 5) is 52.4. The molecule has 3 aromatic rings. The zero-order valence-electron chi connectivity index (χ0n) is 22.7. The minimum Gasteiger partial charge on any atom is -0.474 e. The van der Waals surface area contributed by atoms with Crippen LogP contribution in [0.5, 0.6) is 5.88 Å². The number of nitrogens with zero attached hydrogens (tertiary/aromatic N) is 4. The van der Waals surface area contributed by atoms with Crippen molar-refractivity contribution in [3.8, 4) is 5.88 Å². The Labute approximate surface area is 235 Å². The van der Waals surface area contributed by atoms with Crippen molar-refractivity contribution in [1.82, 2.24) is 20.2 Å². The number of anilines is 3. The van der Waals surface area contributed by atoms with Crippen molar-refractivity contribution in [2.24, 2.45) is 0 Å². The Balaban J connectivity index is 1.22. The minimum atomic E-state index is -0.592. The van der Waals surface area contributed by atoms with Crippen LogP contribution in [0.3, 0.4) is 0 Å². The van der Waals surface area contributed by atoms with Crippen LogP contribution in [0.25, 0.3) is 10.2 Å². The molecule has 5 heterocycles. The van der Waals surface area contributed by atoms with Crippen molar-refractivity contribution in [2.45, 2.75) is 70.6 Å². The summed E-state index contributed by atoms with van der Waals surface area (Å²) >= 11 is 1.23. The minimum absolute atomic E-state index is 0.211. The Hall–Kier alpha value is -3.93. The van der Waals surface area contributed by atoms with Gasteiger partial charge in [-0.1, -0.05) is 0 Å². The van der Waals surface area contributed by atoms with Gasteiger partial charge in [-0.15, -0.1) is 11.3 Å². The number of thiophene rings is 1. The van der Waals surface area contributed by atoms with Crippen LogP contribution >= 0.6 is 11.3 Å². The fraction of sp³-hybridized carbons (Fsp3) is 0.464. The van der Waals surface area contributed by atoms with E-state index in [1.165, 1.54) is 22.7 Å². The first-order chi connectivity index (χ1) is 19.2. The third-order valence-corrected chi connectivity index (χ3v) is 8.28. The normalized spacial score (nSPS) is 19.2. The van der Waals surface area contributed by atoms with E-state index < -0.39 is 11.6 Å². The van der Waals surface area contributed by atoms with Crippen molar-refractivity contribution >= 4 is 56.6 Å². The second-order valence-corrected chi connectivity index (χ2v) is 12.3. The van der Waals surface area contributed by atoms with Gasteiger partial charge in [0.25, 0.3) is 5.91 Å². The number of carbonyl (C=O) groups excluding carboxylic acids is 3. The van der Waals surface area contributed by atoms with Crippen LogP contribution in [-0.4, -0.2) is 63.7 Å². The van der Waals surface area contributed by atoms with Gasteiger partial charge in [0.15, 0.2) is 0 Å². The number of ether oxygens (including phenoxy) is 2. The maximum atomic E-state index is 13.5. The number of piperidine rings is 1. The van der Waals surface area contributed by atoms with Crippen LogP contribution in [-0.2, 0) is 4.74 Å². The first kappa shape index (κ1) is 26.3. The number of hydrogen-bond acceptors (Lipinski definition) is 8. The van der Waals surface area contributed by atoms with E-state index in [2.05, 4.69) is 20.6 Å². The average molecular weight is 565 g/mol. The van der Waals surface area contributed by atoms with Crippen molar-refractivity contribution in [1.29, 1.82) is 0 Å². The van der Waals surface area contributed by atoms with Gasteiger partial charge in [0, 0.05) is 31.4 Å². The van der Waals surface area contributed by atoms with Gasteiger partial charge in [-0.05, 0) is 65.0 Å². The van der Waals surface area contributed by atoms with Gasteiger partial charge in [0.2, 0.25) is 5.88 Å². The topological polar surface area (TPSA) is 126 Å². The van der Waals surface area contributed by atoms with E-state index in [9.17, 15) is 14.4 Å². The monoisotopic (exact) mass is 564 g/mol. The number of nitrogens with one attached hydrogen (secondary N) is 2. The molecular formula is C28H32N6O5S. The quantitative estimate of drug-likeness (QED) is 0.423. The molecule has 0 radical (unpaired) electrons. The molecule has 0 aromatic carbocycles. The average Bonchev–Trinajstić information content (AvgIpc) is 3.26. The van der Waals surface area contributed by atoms with E-state index in [4.69, 9.17) is 9.47 Å². The fourth-order valence-corrected chi connectivity index (χ4v) is 6.10. The molecule has 11 nitrogen and oxygen atoms in total. The molecule has 4 amide bonds. The highest BCUT2D eigenvalue weighted by Crippen LogP contribution is 2.45. The van der Waals surface area contributed by atoms with E-state index in [1.54, 1.807) is 35.5 Å². The summed E-state index contributed by atoms with van der Waals surface area (Å²) in [5.74, 6) is 0.224. The predicted molar refractivity (Wildman–Crippen MR) is 152 cm³/mol. The van der Waals surface area contributed by atoms with Crippen molar-refractivity contribution in [3.05, 3.63) is 35.5 Å².